The number of rotatable bonds is 6. The standard InChI is InChI=1S/C25H24N2O3/c28-20(26-23(16-7-3-1-4-8-16)17-9-5-2-6-10-17)13-14-27-24(29)21-18-11-12-19(15-18)22(21)25(27)30/h1-12,18-19,21-23H,13-15H2,(H,26,28). The van der Waals surface area contributed by atoms with Crippen LogP contribution in [0.5, 0.6) is 0 Å². The summed E-state index contributed by atoms with van der Waals surface area (Å²) in [7, 11) is 0. The topological polar surface area (TPSA) is 66.5 Å². The molecule has 30 heavy (non-hydrogen) atoms. The monoisotopic (exact) mass is 400 g/mol. The molecular formula is C25H24N2O3. The van der Waals surface area contributed by atoms with E-state index in [0.29, 0.717) is 0 Å². The van der Waals surface area contributed by atoms with Crippen molar-refractivity contribution in [3.05, 3.63) is 83.9 Å². The molecule has 152 valence electrons. The zero-order valence-electron chi connectivity index (χ0n) is 16.6. The number of nitrogens with one attached hydrogen (secondary N) is 1. The first-order valence-electron chi connectivity index (χ1n) is 10.6. The Kier molecular flexibility index (Phi) is 4.74. The smallest absolute Gasteiger partial charge is 0.233 e. The normalized spacial score (nSPS) is 26.5. The molecule has 3 aliphatic rings. The Balaban J connectivity index is 1.26. The third kappa shape index (κ3) is 3.15. The van der Waals surface area contributed by atoms with Gasteiger partial charge in [-0.15, -0.1) is 0 Å². The van der Waals surface area contributed by atoms with Crippen molar-refractivity contribution < 1.29 is 14.4 Å². The zero-order chi connectivity index (χ0) is 20.7. The number of hydrogen-bond acceptors (Lipinski definition) is 3. The summed E-state index contributed by atoms with van der Waals surface area (Å²) >= 11 is 0. The number of imide groups is 1. The van der Waals surface area contributed by atoms with Gasteiger partial charge >= 0.3 is 0 Å². The minimum Gasteiger partial charge on any atom is -0.345 e. The van der Waals surface area contributed by atoms with Crippen molar-refractivity contribution in [1.82, 2.24) is 10.2 Å². The molecule has 0 radical (unpaired) electrons. The fourth-order valence-electron chi connectivity index (χ4n) is 5.28. The van der Waals surface area contributed by atoms with Crippen LogP contribution in [0.4, 0.5) is 0 Å². The van der Waals surface area contributed by atoms with Crippen LogP contribution in [-0.4, -0.2) is 29.2 Å². The van der Waals surface area contributed by atoms with E-state index in [2.05, 4.69) is 17.5 Å². The van der Waals surface area contributed by atoms with E-state index in [9.17, 15) is 14.4 Å². The van der Waals surface area contributed by atoms with Crippen molar-refractivity contribution >= 4 is 17.7 Å². The van der Waals surface area contributed by atoms with Crippen molar-refractivity contribution in [2.24, 2.45) is 23.7 Å². The SMILES string of the molecule is O=C(CCN1C(=O)C2C3C=CC(C3)C2C1=O)NC(c1ccccc1)c1ccccc1. The molecule has 4 atom stereocenters. The van der Waals surface area contributed by atoms with Crippen LogP contribution in [0.1, 0.15) is 30.0 Å². The van der Waals surface area contributed by atoms with E-state index < -0.39 is 0 Å². The molecule has 2 fully saturated rings. The van der Waals surface area contributed by atoms with Gasteiger partial charge in [0.1, 0.15) is 0 Å². The van der Waals surface area contributed by atoms with Gasteiger partial charge < -0.3 is 5.32 Å². The van der Waals surface area contributed by atoms with Crippen molar-refractivity contribution in [3.8, 4) is 0 Å². The lowest BCUT2D eigenvalue weighted by Crippen LogP contribution is -2.37. The second kappa shape index (κ2) is 7.56. The summed E-state index contributed by atoms with van der Waals surface area (Å²) < 4.78 is 0. The summed E-state index contributed by atoms with van der Waals surface area (Å²) in [6, 6.07) is 19.3. The van der Waals surface area contributed by atoms with E-state index in [-0.39, 0.29) is 60.4 Å². The van der Waals surface area contributed by atoms with Crippen molar-refractivity contribution in [3.63, 3.8) is 0 Å². The largest absolute Gasteiger partial charge is 0.345 e. The van der Waals surface area contributed by atoms with Crippen LogP contribution in [0.25, 0.3) is 0 Å². The minimum absolute atomic E-state index is 0.0997. The molecule has 1 N–H and O–H groups in total. The highest BCUT2D eigenvalue weighted by Crippen LogP contribution is 2.52. The van der Waals surface area contributed by atoms with Gasteiger partial charge in [-0.3, -0.25) is 19.3 Å². The van der Waals surface area contributed by atoms with E-state index in [0.717, 1.165) is 17.5 Å². The number of benzene rings is 2. The van der Waals surface area contributed by atoms with Gasteiger partial charge in [0.25, 0.3) is 0 Å². The molecule has 4 unspecified atom stereocenters. The molecule has 2 aromatic rings. The number of nitrogens with zero attached hydrogens (tertiary/aromatic N) is 1. The van der Waals surface area contributed by atoms with Gasteiger partial charge in [-0.25, -0.2) is 0 Å². The average Bonchev–Trinajstić information content (AvgIpc) is 3.46. The van der Waals surface area contributed by atoms with Crippen LogP contribution in [0.2, 0.25) is 0 Å². The zero-order valence-corrected chi connectivity index (χ0v) is 16.6. The highest BCUT2D eigenvalue weighted by atomic mass is 16.2. The number of carbonyl (C=O) groups excluding carboxylic acids is 3. The molecule has 2 bridgehead atoms. The third-order valence-electron chi connectivity index (χ3n) is 6.70. The lowest BCUT2D eigenvalue weighted by molar-refractivity contribution is -0.141. The summed E-state index contributed by atoms with van der Waals surface area (Å²) in [5.74, 6) is -0.415. The predicted molar refractivity (Wildman–Crippen MR) is 112 cm³/mol. The molecule has 1 saturated carbocycles. The fraction of sp³-hybridized carbons (Fsp3) is 0.320. The van der Waals surface area contributed by atoms with Crippen molar-refractivity contribution in [1.29, 1.82) is 0 Å². The van der Waals surface area contributed by atoms with Crippen LogP contribution in [0, 0.1) is 23.7 Å². The van der Waals surface area contributed by atoms with Gasteiger partial charge in [0, 0.05) is 13.0 Å². The summed E-state index contributed by atoms with van der Waals surface area (Å²) in [5, 5.41) is 3.08. The Morgan fingerprint density at radius 1 is 0.867 bits per heavy atom. The molecule has 5 rings (SSSR count). The molecule has 1 saturated heterocycles. The van der Waals surface area contributed by atoms with Crippen LogP contribution in [0.3, 0.4) is 0 Å². The third-order valence-corrected chi connectivity index (χ3v) is 6.70. The van der Waals surface area contributed by atoms with E-state index in [4.69, 9.17) is 0 Å². The van der Waals surface area contributed by atoms with E-state index in [1.807, 2.05) is 60.7 Å². The maximum absolute atomic E-state index is 12.8. The molecule has 3 amide bonds. The van der Waals surface area contributed by atoms with Gasteiger partial charge in [-0.2, -0.15) is 0 Å². The highest BCUT2D eigenvalue weighted by Gasteiger charge is 2.59. The number of fused-ring (bicyclic) bond motifs is 5. The lowest BCUT2D eigenvalue weighted by Gasteiger charge is -2.21. The lowest BCUT2D eigenvalue weighted by atomic mass is 9.85. The molecule has 0 aromatic heterocycles. The van der Waals surface area contributed by atoms with Gasteiger partial charge in [-0.05, 0) is 29.4 Å². The Labute approximate surface area is 175 Å². The minimum atomic E-state index is -0.274. The van der Waals surface area contributed by atoms with Gasteiger partial charge in [0.05, 0.1) is 17.9 Å². The molecule has 1 aliphatic heterocycles. The molecule has 1 heterocycles. The Bertz CT molecular complexity index is 932. The van der Waals surface area contributed by atoms with Crippen LogP contribution >= 0.6 is 0 Å². The van der Waals surface area contributed by atoms with Crippen LogP contribution in [-0.2, 0) is 14.4 Å². The maximum Gasteiger partial charge on any atom is 0.233 e. The average molecular weight is 400 g/mol. The summed E-state index contributed by atoms with van der Waals surface area (Å²) in [5.41, 5.74) is 1.98. The van der Waals surface area contributed by atoms with Gasteiger partial charge in [-0.1, -0.05) is 72.8 Å². The van der Waals surface area contributed by atoms with E-state index >= 15 is 0 Å². The molecule has 2 aliphatic carbocycles. The second-order valence-corrected chi connectivity index (χ2v) is 8.40. The molecule has 5 nitrogen and oxygen atoms in total. The Morgan fingerprint density at radius 2 is 1.37 bits per heavy atom. The van der Waals surface area contributed by atoms with Gasteiger partial charge in [0.2, 0.25) is 17.7 Å². The fourth-order valence-corrected chi connectivity index (χ4v) is 5.28. The number of amides is 3. The first-order valence-corrected chi connectivity index (χ1v) is 10.6. The Hall–Kier alpha value is -3.21. The maximum atomic E-state index is 12.8. The summed E-state index contributed by atoms with van der Waals surface area (Å²) in [4.78, 5) is 39.7. The van der Waals surface area contributed by atoms with Crippen LogP contribution < -0.4 is 5.32 Å². The second-order valence-electron chi connectivity index (χ2n) is 8.40. The number of hydrogen-bond donors (Lipinski definition) is 1. The molecule has 5 heteroatoms. The van der Waals surface area contributed by atoms with Gasteiger partial charge in [0.15, 0.2) is 0 Å². The molecular weight excluding hydrogens is 376 g/mol. The van der Waals surface area contributed by atoms with E-state index in [1.54, 1.807) is 0 Å². The summed E-state index contributed by atoms with van der Waals surface area (Å²) in [6.45, 7) is 0.145. The summed E-state index contributed by atoms with van der Waals surface area (Å²) in [6.07, 6.45) is 5.18. The van der Waals surface area contributed by atoms with E-state index in [1.165, 1.54) is 4.90 Å². The van der Waals surface area contributed by atoms with Crippen molar-refractivity contribution in [2.75, 3.05) is 6.54 Å². The predicted octanol–water partition coefficient (Wildman–Crippen LogP) is 3.09. The molecule has 0 spiro atoms. The Morgan fingerprint density at radius 3 is 1.87 bits per heavy atom. The number of likely N-dealkylation sites (tertiary alicyclic amines) is 1. The first kappa shape index (κ1) is 18.8. The van der Waals surface area contributed by atoms with Crippen LogP contribution in [0.15, 0.2) is 72.8 Å². The van der Waals surface area contributed by atoms with Crippen molar-refractivity contribution in [2.45, 2.75) is 18.9 Å². The molecule has 2 aromatic carbocycles. The number of carbonyl (C=O) groups is 3. The highest BCUT2D eigenvalue weighted by molar-refractivity contribution is 6.06. The quantitative estimate of drug-likeness (QED) is 0.599. The number of allylic oxidation sites excluding steroid dienone is 2. The first-order chi connectivity index (χ1) is 14.6.